The number of esters is 1. The third-order valence-corrected chi connectivity index (χ3v) is 4.80. The van der Waals surface area contributed by atoms with E-state index in [1.165, 1.54) is 11.8 Å². The van der Waals surface area contributed by atoms with Gasteiger partial charge in [-0.3, -0.25) is 14.9 Å². The van der Waals surface area contributed by atoms with Crippen molar-refractivity contribution in [2.75, 3.05) is 12.4 Å². The molecule has 0 aliphatic carbocycles. The predicted molar refractivity (Wildman–Crippen MR) is 101 cm³/mol. The van der Waals surface area contributed by atoms with Gasteiger partial charge in [0.25, 0.3) is 5.91 Å². The minimum absolute atomic E-state index is 0.0338. The molecule has 6 nitrogen and oxygen atoms in total. The number of halogens is 1. The van der Waals surface area contributed by atoms with Crippen molar-refractivity contribution in [1.82, 2.24) is 5.32 Å². The Morgan fingerprint density at radius 2 is 1.65 bits per heavy atom. The molecular weight excluding hydrogens is 376 g/mol. The van der Waals surface area contributed by atoms with Gasteiger partial charge in [-0.15, -0.1) is 11.8 Å². The number of carbonyl (C=O) groups is 3. The van der Waals surface area contributed by atoms with Crippen LogP contribution in [0, 0.1) is 0 Å². The van der Waals surface area contributed by atoms with Gasteiger partial charge in [0.2, 0.25) is 0 Å². The number of thioether (sulfide) groups is 1. The van der Waals surface area contributed by atoms with Gasteiger partial charge in [-0.1, -0.05) is 54.1 Å². The first kappa shape index (κ1) is 19.8. The van der Waals surface area contributed by atoms with Gasteiger partial charge < -0.3 is 10.5 Å². The van der Waals surface area contributed by atoms with Crippen molar-refractivity contribution in [3.63, 3.8) is 0 Å². The van der Waals surface area contributed by atoms with Gasteiger partial charge in [-0.2, -0.15) is 0 Å². The predicted octanol–water partition coefficient (Wildman–Crippen LogP) is 2.90. The summed E-state index contributed by atoms with van der Waals surface area (Å²) < 4.78 is 4.85. The van der Waals surface area contributed by atoms with E-state index in [0.29, 0.717) is 5.02 Å². The Morgan fingerprint density at radius 3 is 2.27 bits per heavy atom. The largest absolute Gasteiger partial charge is 0.455 e. The van der Waals surface area contributed by atoms with Crippen molar-refractivity contribution in [3.05, 3.63) is 70.7 Å². The highest BCUT2D eigenvalue weighted by Gasteiger charge is 2.17. The molecule has 3 amide bonds. The second-order valence-corrected chi connectivity index (χ2v) is 6.76. The molecule has 0 spiro atoms. The second kappa shape index (κ2) is 9.84. The van der Waals surface area contributed by atoms with E-state index in [1.54, 1.807) is 12.1 Å². The zero-order valence-electron chi connectivity index (χ0n) is 13.7. The molecule has 0 aromatic heterocycles. The van der Waals surface area contributed by atoms with Gasteiger partial charge in [0.05, 0.1) is 11.0 Å². The zero-order chi connectivity index (χ0) is 18.9. The minimum atomic E-state index is -0.993. The van der Waals surface area contributed by atoms with Crippen LogP contribution in [0.15, 0.2) is 54.6 Å². The number of benzene rings is 2. The Kier molecular flexibility index (Phi) is 7.50. The zero-order valence-corrected chi connectivity index (χ0v) is 15.3. The number of carbonyl (C=O) groups excluding carboxylic acids is 3. The number of hydrogen-bond acceptors (Lipinski definition) is 5. The Labute approximate surface area is 160 Å². The number of imide groups is 1. The highest BCUT2D eigenvalue weighted by atomic mass is 35.5. The Hall–Kier alpha value is -2.51. The second-order valence-electron chi connectivity index (χ2n) is 5.23. The van der Waals surface area contributed by atoms with Gasteiger partial charge in [-0.25, -0.2) is 4.79 Å². The molecule has 1 atom stereocenters. The van der Waals surface area contributed by atoms with E-state index < -0.39 is 24.5 Å². The first-order chi connectivity index (χ1) is 12.5. The highest BCUT2D eigenvalue weighted by molar-refractivity contribution is 8.00. The molecule has 0 radical (unpaired) electrons. The molecule has 2 aromatic rings. The smallest absolute Gasteiger partial charge is 0.318 e. The van der Waals surface area contributed by atoms with Gasteiger partial charge in [0.1, 0.15) is 0 Å². The van der Waals surface area contributed by atoms with Crippen molar-refractivity contribution >= 4 is 41.3 Å². The lowest BCUT2D eigenvalue weighted by Gasteiger charge is -2.17. The van der Waals surface area contributed by atoms with Crippen LogP contribution >= 0.6 is 23.4 Å². The number of ether oxygens (including phenoxy) is 1. The molecule has 0 saturated heterocycles. The molecule has 136 valence electrons. The molecule has 0 unspecified atom stereocenters. The molecule has 0 fully saturated rings. The molecule has 0 aliphatic heterocycles. The lowest BCUT2D eigenvalue weighted by atomic mass is 10.0. The van der Waals surface area contributed by atoms with Crippen LogP contribution in [0.25, 0.3) is 0 Å². The van der Waals surface area contributed by atoms with E-state index >= 15 is 0 Å². The van der Waals surface area contributed by atoms with Crippen LogP contribution < -0.4 is 11.1 Å². The lowest BCUT2D eigenvalue weighted by molar-refractivity contribution is -0.145. The first-order valence-electron chi connectivity index (χ1n) is 7.62. The van der Waals surface area contributed by atoms with E-state index in [2.05, 4.69) is 0 Å². The maximum atomic E-state index is 11.9. The fourth-order valence-corrected chi connectivity index (χ4v) is 3.37. The summed E-state index contributed by atoms with van der Waals surface area (Å²) in [5, 5.41) is 2.36. The van der Waals surface area contributed by atoms with E-state index in [-0.39, 0.29) is 11.0 Å². The van der Waals surface area contributed by atoms with Gasteiger partial charge >= 0.3 is 12.0 Å². The van der Waals surface area contributed by atoms with Crippen LogP contribution in [-0.4, -0.2) is 30.3 Å². The summed E-state index contributed by atoms with van der Waals surface area (Å²) in [6.07, 6.45) is 0. The Morgan fingerprint density at radius 1 is 1.04 bits per heavy atom. The third-order valence-electron chi connectivity index (χ3n) is 3.27. The summed E-state index contributed by atoms with van der Waals surface area (Å²) in [4.78, 5) is 33.7. The van der Waals surface area contributed by atoms with Crippen LogP contribution in [0.2, 0.25) is 5.02 Å². The normalized spacial score (nSPS) is 11.4. The first-order valence-corrected chi connectivity index (χ1v) is 9.05. The van der Waals surface area contributed by atoms with Crippen molar-refractivity contribution in [2.24, 2.45) is 5.73 Å². The van der Waals surface area contributed by atoms with Crippen LogP contribution in [0.5, 0.6) is 0 Å². The highest BCUT2D eigenvalue weighted by Crippen LogP contribution is 2.36. The van der Waals surface area contributed by atoms with Crippen molar-refractivity contribution < 1.29 is 19.1 Å². The monoisotopic (exact) mass is 392 g/mol. The third kappa shape index (κ3) is 6.42. The molecule has 0 aliphatic rings. The van der Waals surface area contributed by atoms with E-state index in [4.69, 9.17) is 22.1 Å². The molecule has 2 aromatic carbocycles. The number of nitrogens with two attached hydrogens (primary N) is 1. The molecule has 0 saturated carbocycles. The van der Waals surface area contributed by atoms with Gasteiger partial charge in [-0.05, 0) is 23.3 Å². The summed E-state index contributed by atoms with van der Waals surface area (Å²) in [6.45, 7) is -0.556. The van der Waals surface area contributed by atoms with Crippen LogP contribution in [0.4, 0.5) is 4.79 Å². The van der Waals surface area contributed by atoms with Crippen LogP contribution in [0.1, 0.15) is 16.4 Å². The maximum Gasteiger partial charge on any atom is 0.318 e. The maximum absolute atomic E-state index is 11.9. The van der Waals surface area contributed by atoms with Crippen molar-refractivity contribution in [2.45, 2.75) is 5.25 Å². The molecule has 0 heterocycles. The minimum Gasteiger partial charge on any atom is -0.455 e. The molecule has 3 N–H and O–H groups in total. The Balaban J connectivity index is 1.99. The van der Waals surface area contributed by atoms with Gasteiger partial charge in [0.15, 0.2) is 6.61 Å². The molecule has 0 bridgehead atoms. The van der Waals surface area contributed by atoms with Crippen molar-refractivity contribution in [1.29, 1.82) is 0 Å². The standard InChI is InChI=1S/C18H17ClN2O4S/c19-14-8-6-13(7-9-14)17(12-4-2-1-3-5-12)26-11-16(23)25-10-15(22)21-18(20)24/h1-9,17H,10-11H2,(H3,20,21,22,24)/t17-/m1/s1. The van der Waals surface area contributed by atoms with Crippen LogP contribution in [0.3, 0.4) is 0 Å². The average Bonchev–Trinajstić information content (AvgIpc) is 2.62. The molecular formula is C18H17ClN2O4S. The summed E-state index contributed by atoms with van der Waals surface area (Å²) in [6, 6.07) is 16.1. The van der Waals surface area contributed by atoms with Crippen LogP contribution in [-0.2, 0) is 14.3 Å². The Bertz CT molecular complexity index is 769. The number of hydrogen-bond donors (Lipinski definition) is 2. The average molecular weight is 393 g/mol. The quantitative estimate of drug-likeness (QED) is 0.706. The van der Waals surface area contributed by atoms with E-state index in [1.807, 2.05) is 47.8 Å². The topological polar surface area (TPSA) is 98.5 Å². The molecule has 8 heteroatoms. The summed E-state index contributed by atoms with van der Waals surface area (Å²) >= 11 is 7.31. The summed E-state index contributed by atoms with van der Waals surface area (Å²) in [5.41, 5.74) is 6.83. The number of primary amides is 1. The lowest BCUT2D eigenvalue weighted by Crippen LogP contribution is -2.37. The number of rotatable bonds is 7. The SMILES string of the molecule is NC(=O)NC(=O)COC(=O)CS[C@H](c1ccccc1)c1ccc(Cl)cc1. The van der Waals surface area contributed by atoms with E-state index in [9.17, 15) is 14.4 Å². The number of urea groups is 1. The molecule has 26 heavy (non-hydrogen) atoms. The summed E-state index contributed by atoms with van der Waals surface area (Å²) in [5.74, 6) is -1.30. The summed E-state index contributed by atoms with van der Waals surface area (Å²) in [7, 11) is 0. The number of nitrogens with one attached hydrogen (secondary N) is 1. The van der Waals surface area contributed by atoms with E-state index in [0.717, 1.165) is 11.1 Å². The van der Waals surface area contributed by atoms with Gasteiger partial charge in [0, 0.05) is 5.02 Å². The number of amides is 3. The van der Waals surface area contributed by atoms with Crippen molar-refractivity contribution in [3.8, 4) is 0 Å². The fraction of sp³-hybridized carbons (Fsp3) is 0.167. The fourth-order valence-electron chi connectivity index (χ4n) is 2.16. The molecule has 2 rings (SSSR count).